The van der Waals surface area contributed by atoms with Gasteiger partial charge in [-0.15, -0.1) is 0 Å². The van der Waals surface area contributed by atoms with E-state index in [1.165, 1.54) is 5.56 Å². The highest BCUT2D eigenvalue weighted by molar-refractivity contribution is 5.63. The lowest BCUT2D eigenvalue weighted by atomic mass is 10.0. The Morgan fingerprint density at radius 1 is 1.27 bits per heavy atom. The molecule has 2 heterocycles. The van der Waals surface area contributed by atoms with E-state index in [4.69, 9.17) is 5.26 Å². The van der Waals surface area contributed by atoms with E-state index in [2.05, 4.69) is 22.3 Å². The Labute approximate surface area is 130 Å². The smallest absolute Gasteiger partial charge is 0.0991 e. The molecular formula is C17H20N4O. The van der Waals surface area contributed by atoms with Crippen LogP contribution in [0.2, 0.25) is 0 Å². The van der Waals surface area contributed by atoms with Crippen molar-refractivity contribution in [3.8, 4) is 17.3 Å². The first kappa shape index (κ1) is 14.8. The van der Waals surface area contributed by atoms with Crippen molar-refractivity contribution in [1.29, 1.82) is 5.26 Å². The zero-order valence-corrected chi connectivity index (χ0v) is 12.7. The standard InChI is InChI=1S/C17H20N4O/c1-20-11-15(12-21-8-6-16(22)7-9-21)17(19-20)14-4-2-13(10-18)3-5-14/h2-5,11,16,22H,6-9,12H2,1H3. The molecule has 0 bridgehead atoms. The van der Waals surface area contributed by atoms with Gasteiger partial charge in [-0.2, -0.15) is 10.4 Å². The quantitative estimate of drug-likeness (QED) is 0.939. The third-order valence-corrected chi connectivity index (χ3v) is 4.14. The van der Waals surface area contributed by atoms with Gasteiger partial charge in [0.25, 0.3) is 0 Å². The zero-order chi connectivity index (χ0) is 15.5. The largest absolute Gasteiger partial charge is 0.393 e. The molecule has 5 nitrogen and oxygen atoms in total. The molecule has 1 aromatic heterocycles. The number of nitriles is 1. The number of aliphatic hydroxyl groups excluding tert-OH is 1. The second-order valence-corrected chi connectivity index (χ2v) is 5.87. The topological polar surface area (TPSA) is 65.1 Å². The number of hydrogen-bond donors (Lipinski definition) is 1. The molecule has 0 spiro atoms. The normalized spacial score (nSPS) is 16.6. The van der Waals surface area contributed by atoms with Crippen LogP contribution in [0.5, 0.6) is 0 Å². The molecule has 1 aromatic carbocycles. The number of hydrogen-bond acceptors (Lipinski definition) is 4. The third-order valence-electron chi connectivity index (χ3n) is 4.14. The van der Waals surface area contributed by atoms with E-state index in [9.17, 15) is 5.11 Å². The molecule has 3 rings (SSSR count). The van der Waals surface area contributed by atoms with E-state index in [1.807, 2.05) is 36.0 Å². The van der Waals surface area contributed by atoms with Gasteiger partial charge in [-0.3, -0.25) is 9.58 Å². The fraction of sp³-hybridized carbons (Fsp3) is 0.412. The first-order chi connectivity index (χ1) is 10.7. The minimum atomic E-state index is -0.150. The Morgan fingerprint density at radius 2 is 1.95 bits per heavy atom. The summed E-state index contributed by atoms with van der Waals surface area (Å²) in [5.74, 6) is 0. The molecule has 0 radical (unpaired) electrons. The molecule has 2 aromatic rings. The van der Waals surface area contributed by atoms with Gasteiger partial charge in [-0.1, -0.05) is 12.1 Å². The predicted molar refractivity (Wildman–Crippen MR) is 83.9 cm³/mol. The van der Waals surface area contributed by atoms with Crippen LogP contribution >= 0.6 is 0 Å². The van der Waals surface area contributed by atoms with Crippen molar-refractivity contribution in [1.82, 2.24) is 14.7 Å². The number of nitrogens with zero attached hydrogens (tertiary/aromatic N) is 4. The molecule has 114 valence electrons. The molecule has 0 unspecified atom stereocenters. The van der Waals surface area contributed by atoms with Gasteiger partial charge in [0.1, 0.15) is 0 Å². The summed E-state index contributed by atoms with van der Waals surface area (Å²) >= 11 is 0. The van der Waals surface area contributed by atoms with Crippen LogP contribution in [0.3, 0.4) is 0 Å². The first-order valence-electron chi connectivity index (χ1n) is 7.59. The Bertz CT molecular complexity index is 676. The van der Waals surface area contributed by atoms with Crippen molar-refractivity contribution >= 4 is 0 Å². The van der Waals surface area contributed by atoms with Crippen LogP contribution in [0, 0.1) is 11.3 Å². The van der Waals surface area contributed by atoms with Crippen LogP contribution in [-0.4, -0.2) is 39.0 Å². The second-order valence-electron chi connectivity index (χ2n) is 5.87. The van der Waals surface area contributed by atoms with Crippen LogP contribution < -0.4 is 0 Å². The lowest BCUT2D eigenvalue weighted by molar-refractivity contribution is 0.0793. The van der Waals surface area contributed by atoms with Gasteiger partial charge in [0, 0.05) is 44.0 Å². The Hall–Kier alpha value is -2.16. The summed E-state index contributed by atoms with van der Waals surface area (Å²) in [6.45, 7) is 2.68. The van der Waals surface area contributed by atoms with Crippen LogP contribution in [0.4, 0.5) is 0 Å². The summed E-state index contributed by atoms with van der Waals surface area (Å²) in [6, 6.07) is 9.68. The number of rotatable bonds is 3. The molecule has 0 atom stereocenters. The molecule has 1 aliphatic heterocycles. The summed E-state index contributed by atoms with van der Waals surface area (Å²) in [7, 11) is 1.93. The van der Waals surface area contributed by atoms with Crippen molar-refractivity contribution < 1.29 is 5.11 Å². The summed E-state index contributed by atoms with van der Waals surface area (Å²) < 4.78 is 1.83. The summed E-state index contributed by atoms with van der Waals surface area (Å²) in [5.41, 5.74) is 3.85. The average Bonchev–Trinajstić information content (AvgIpc) is 2.90. The van der Waals surface area contributed by atoms with Crippen LogP contribution in [0.15, 0.2) is 30.5 Å². The Kier molecular flexibility index (Phi) is 4.23. The molecule has 5 heteroatoms. The Balaban J connectivity index is 1.81. The minimum absolute atomic E-state index is 0.150. The van der Waals surface area contributed by atoms with Gasteiger partial charge >= 0.3 is 0 Å². The number of benzene rings is 1. The average molecular weight is 296 g/mol. The molecule has 1 saturated heterocycles. The highest BCUT2D eigenvalue weighted by Crippen LogP contribution is 2.24. The summed E-state index contributed by atoms with van der Waals surface area (Å²) in [6.07, 6.45) is 3.58. The lowest BCUT2D eigenvalue weighted by Crippen LogP contribution is -2.35. The van der Waals surface area contributed by atoms with E-state index in [0.717, 1.165) is 43.7 Å². The van der Waals surface area contributed by atoms with Gasteiger partial charge in [0.15, 0.2) is 0 Å². The van der Waals surface area contributed by atoms with Gasteiger partial charge in [-0.05, 0) is 25.0 Å². The fourth-order valence-corrected chi connectivity index (χ4v) is 2.92. The van der Waals surface area contributed by atoms with Gasteiger partial charge in [0.05, 0.1) is 23.4 Å². The fourth-order valence-electron chi connectivity index (χ4n) is 2.92. The van der Waals surface area contributed by atoms with Crippen molar-refractivity contribution in [3.63, 3.8) is 0 Å². The van der Waals surface area contributed by atoms with Crippen molar-refractivity contribution in [2.75, 3.05) is 13.1 Å². The highest BCUT2D eigenvalue weighted by Gasteiger charge is 2.19. The van der Waals surface area contributed by atoms with E-state index in [0.29, 0.717) is 5.56 Å². The van der Waals surface area contributed by atoms with E-state index >= 15 is 0 Å². The van der Waals surface area contributed by atoms with Crippen molar-refractivity contribution in [2.24, 2.45) is 7.05 Å². The van der Waals surface area contributed by atoms with Gasteiger partial charge in [-0.25, -0.2) is 0 Å². The maximum Gasteiger partial charge on any atom is 0.0991 e. The molecule has 1 N–H and O–H groups in total. The number of piperidine rings is 1. The zero-order valence-electron chi connectivity index (χ0n) is 12.7. The van der Waals surface area contributed by atoms with E-state index < -0.39 is 0 Å². The molecule has 0 aliphatic carbocycles. The number of aryl methyl sites for hydroxylation is 1. The molecule has 22 heavy (non-hydrogen) atoms. The van der Waals surface area contributed by atoms with E-state index in [1.54, 1.807) is 0 Å². The van der Waals surface area contributed by atoms with Gasteiger partial charge in [0.2, 0.25) is 0 Å². The van der Waals surface area contributed by atoms with Crippen molar-refractivity contribution in [2.45, 2.75) is 25.5 Å². The summed E-state index contributed by atoms with van der Waals surface area (Å²) in [4.78, 5) is 2.36. The monoisotopic (exact) mass is 296 g/mol. The maximum atomic E-state index is 9.61. The highest BCUT2D eigenvalue weighted by atomic mass is 16.3. The first-order valence-corrected chi connectivity index (χ1v) is 7.59. The molecule has 0 amide bonds. The Morgan fingerprint density at radius 3 is 2.59 bits per heavy atom. The predicted octanol–water partition coefficient (Wildman–Crippen LogP) is 1.92. The van der Waals surface area contributed by atoms with Crippen molar-refractivity contribution in [3.05, 3.63) is 41.6 Å². The SMILES string of the molecule is Cn1cc(CN2CCC(O)CC2)c(-c2ccc(C#N)cc2)n1. The molecule has 1 fully saturated rings. The van der Waals surface area contributed by atoms with Gasteiger partial charge < -0.3 is 5.11 Å². The maximum absolute atomic E-state index is 9.61. The number of aromatic nitrogens is 2. The lowest BCUT2D eigenvalue weighted by Gasteiger charge is -2.29. The molecule has 0 saturated carbocycles. The third kappa shape index (κ3) is 3.19. The molecule has 1 aliphatic rings. The second kappa shape index (κ2) is 6.30. The van der Waals surface area contributed by atoms with Crippen LogP contribution in [0.25, 0.3) is 11.3 Å². The minimum Gasteiger partial charge on any atom is -0.393 e. The summed E-state index contributed by atoms with van der Waals surface area (Å²) in [5, 5.41) is 23.1. The van der Waals surface area contributed by atoms with E-state index in [-0.39, 0.29) is 6.10 Å². The molecular weight excluding hydrogens is 276 g/mol. The van der Waals surface area contributed by atoms with Crippen LogP contribution in [-0.2, 0) is 13.6 Å². The number of aliphatic hydroxyl groups is 1. The number of likely N-dealkylation sites (tertiary alicyclic amines) is 1. The van der Waals surface area contributed by atoms with Crippen LogP contribution in [0.1, 0.15) is 24.0 Å².